The lowest BCUT2D eigenvalue weighted by atomic mass is 9.82. The molecule has 0 aliphatic carbocycles. The molecule has 1 aromatic rings. The van der Waals surface area contributed by atoms with Crippen molar-refractivity contribution in [2.75, 3.05) is 0 Å². The predicted molar refractivity (Wildman–Crippen MR) is 62.4 cm³/mol. The molecule has 0 aliphatic heterocycles. The lowest BCUT2D eigenvalue weighted by Crippen LogP contribution is -2.14. The third kappa shape index (κ3) is 4.25. The van der Waals surface area contributed by atoms with Crippen LogP contribution in [0.25, 0.3) is 0 Å². The third-order valence-electron chi connectivity index (χ3n) is 2.63. The van der Waals surface area contributed by atoms with E-state index in [1.165, 1.54) is 12.1 Å². The number of hydrogen-bond acceptors (Lipinski definition) is 0. The number of rotatable bonds is 4. The van der Waals surface area contributed by atoms with Crippen LogP contribution in [0.2, 0.25) is 0 Å². The van der Waals surface area contributed by atoms with Crippen LogP contribution in [0.1, 0.15) is 31.4 Å². The van der Waals surface area contributed by atoms with E-state index < -0.39 is 11.7 Å². The van der Waals surface area contributed by atoms with Gasteiger partial charge in [0, 0.05) is 0 Å². The van der Waals surface area contributed by atoms with E-state index >= 15 is 0 Å². The zero-order chi connectivity index (χ0) is 13.1. The minimum atomic E-state index is -4.26. The SMILES string of the molecule is [CH]=CCC(C)(C)Cc1ccc(C(F)(F)F)cc1. The van der Waals surface area contributed by atoms with E-state index in [1.54, 1.807) is 6.08 Å². The Hall–Kier alpha value is -1.25. The summed E-state index contributed by atoms with van der Waals surface area (Å²) < 4.78 is 37.1. The molecule has 0 nitrogen and oxygen atoms in total. The first kappa shape index (κ1) is 13.8. The predicted octanol–water partition coefficient (Wildman–Crippen LogP) is 4.65. The number of benzene rings is 1. The fourth-order valence-electron chi connectivity index (χ4n) is 1.76. The second-order valence-electron chi connectivity index (χ2n) is 4.98. The van der Waals surface area contributed by atoms with Gasteiger partial charge in [-0.1, -0.05) is 38.6 Å². The zero-order valence-corrected chi connectivity index (χ0v) is 10.0. The molecule has 1 radical (unpaired) electrons. The van der Waals surface area contributed by atoms with E-state index in [9.17, 15) is 13.2 Å². The first-order chi connectivity index (χ1) is 7.74. The molecule has 0 saturated carbocycles. The summed E-state index contributed by atoms with van der Waals surface area (Å²) in [4.78, 5) is 0. The van der Waals surface area contributed by atoms with Gasteiger partial charge in [0.1, 0.15) is 0 Å². The van der Waals surface area contributed by atoms with Gasteiger partial charge in [-0.2, -0.15) is 13.2 Å². The molecule has 1 aromatic carbocycles. The van der Waals surface area contributed by atoms with Crippen LogP contribution in [0.4, 0.5) is 13.2 Å². The highest BCUT2D eigenvalue weighted by atomic mass is 19.4. The molecule has 0 atom stereocenters. The molecule has 0 aromatic heterocycles. The van der Waals surface area contributed by atoms with E-state index in [0.717, 1.165) is 24.1 Å². The van der Waals surface area contributed by atoms with Crippen molar-refractivity contribution in [2.24, 2.45) is 5.41 Å². The Kier molecular flexibility index (Phi) is 4.02. The molecule has 0 heterocycles. The Morgan fingerprint density at radius 1 is 1.12 bits per heavy atom. The highest BCUT2D eigenvalue weighted by Gasteiger charge is 2.30. The summed E-state index contributed by atoms with van der Waals surface area (Å²) in [6.07, 6.45) is -1.24. The maximum absolute atomic E-state index is 12.4. The van der Waals surface area contributed by atoms with Crippen LogP contribution in [0.3, 0.4) is 0 Å². The summed E-state index contributed by atoms with van der Waals surface area (Å²) in [7, 11) is 0. The van der Waals surface area contributed by atoms with Crippen molar-refractivity contribution in [2.45, 2.75) is 32.9 Å². The number of allylic oxidation sites excluding steroid dienone is 1. The van der Waals surface area contributed by atoms with Gasteiger partial charge in [-0.25, -0.2) is 0 Å². The van der Waals surface area contributed by atoms with Gasteiger partial charge in [0.2, 0.25) is 0 Å². The highest BCUT2D eigenvalue weighted by molar-refractivity contribution is 5.25. The van der Waals surface area contributed by atoms with E-state index in [-0.39, 0.29) is 5.41 Å². The Morgan fingerprint density at radius 2 is 1.65 bits per heavy atom. The summed E-state index contributed by atoms with van der Waals surface area (Å²) in [6, 6.07) is 5.30. The van der Waals surface area contributed by atoms with Gasteiger partial charge in [-0.15, -0.1) is 0 Å². The summed E-state index contributed by atoms with van der Waals surface area (Å²) in [5.74, 6) is 0. The Morgan fingerprint density at radius 3 is 2.06 bits per heavy atom. The smallest absolute Gasteiger partial charge is 0.166 e. The molecular formula is C14H16F3. The van der Waals surface area contributed by atoms with Crippen molar-refractivity contribution in [1.82, 2.24) is 0 Å². The average molecular weight is 241 g/mol. The second kappa shape index (κ2) is 4.94. The van der Waals surface area contributed by atoms with Crippen LogP contribution in [0.5, 0.6) is 0 Å². The summed E-state index contributed by atoms with van der Waals surface area (Å²) in [5, 5.41) is 0. The molecule has 93 valence electrons. The van der Waals surface area contributed by atoms with E-state index in [2.05, 4.69) is 0 Å². The zero-order valence-electron chi connectivity index (χ0n) is 10.0. The van der Waals surface area contributed by atoms with Crippen molar-refractivity contribution in [3.05, 3.63) is 48.0 Å². The topological polar surface area (TPSA) is 0 Å². The maximum Gasteiger partial charge on any atom is 0.416 e. The number of halogens is 3. The normalized spacial score (nSPS) is 12.5. The van der Waals surface area contributed by atoms with Gasteiger partial charge in [0.25, 0.3) is 0 Å². The molecule has 17 heavy (non-hydrogen) atoms. The first-order valence-electron chi connectivity index (χ1n) is 5.44. The molecule has 0 unspecified atom stereocenters. The second-order valence-corrected chi connectivity index (χ2v) is 4.98. The monoisotopic (exact) mass is 241 g/mol. The largest absolute Gasteiger partial charge is 0.416 e. The molecule has 1 rings (SSSR count). The van der Waals surface area contributed by atoms with Crippen LogP contribution in [-0.2, 0) is 12.6 Å². The summed E-state index contributed by atoms with van der Waals surface area (Å²) in [6.45, 7) is 9.45. The van der Waals surface area contributed by atoms with Crippen LogP contribution in [0, 0.1) is 12.0 Å². The number of alkyl halides is 3. The van der Waals surface area contributed by atoms with Crippen molar-refractivity contribution in [1.29, 1.82) is 0 Å². The summed E-state index contributed by atoms with van der Waals surface area (Å²) in [5.41, 5.74) is 0.253. The Balaban J connectivity index is 2.79. The van der Waals surface area contributed by atoms with Crippen molar-refractivity contribution in [3.8, 4) is 0 Å². The molecule has 0 amide bonds. The Labute approximate surface area is 100 Å². The van der Waals surface area contributed by atoms with Crippen molar-refractivity contribution < 1.29 is 13.2 Å². The fraction of sp³-hybridized carbons (Fsp3) is 0.429. The molecule has 0 N–H and O–H groups in total. The van der Waals surface area contributed by atoms with Gasteiger partial charge >= 0.3 is 6.18 Å². The lowest BCUT2D eigenvalue weighted by molar-refractivity contribution is -0.137. The quantitative estimate of drug-likeness (QED) is 0.719. The van der Waals surface area contributed by atoms with Crippen molar-refractivity contribution in [3.63, 3.8) is 0 Å². The van der Waals surface area contributed by atoms with Gasteiger partial charge in [-0.05, 0) is 36.0 Å². The highest BCUT2D eigenvalue weighted by Crippen LogP contribution is 2.31. The molecule has 0 saturated heterocycles. The average Bonchev–Trinajstić information content (AvgIpc) is 2.16. The first-order valence-corrected chi connectivity index (χ1v) is 5.44. The van der Waals surface area contributed by atoms with Gasteiger partial charge in [0.05, 0.1) is 5.56 Å². The van der Waals surface area contributed by atoms with Crippen LogP contribution in [0.15, 0.2) is 30.3 Å². The van der Waals surface area contributed by atoms with Gasteiger partial charge in [0.15, 0.2) is 0 Å². The summed E-state index contributed by atoms with van der Waals surface area (Å²) >= 11 is 0. The van der Waals surface area contributed by atoms with Crippen molar-refractivity contribution >= 4 is 0 Å². The van der Waals surface area contributed by atoms with Crippen LogP contribution < -0.4 is 0 Å². The van der Waals surface area contributed by atoms with Gasteiger partial charge in [-0.3, -0.25) is 0 Å². The third-order valence-corrected chi connectivity index (χ3v) is 2.63. The van der Waals surface area contributed by atoms with E-state index in [1.807, 2.05) is 13.8 Å². The van der Waals surface area contributed by atoms with Crippen LogP contribution >= 0.6 is 0 Å². The Bertz CT molecular complexity index is 371. The lowest BCUT2D eigenvalue weighted by Gasteiger charge is -2.23. The molecule has 3 heteroatoms. The molecule has 0 fully saturated rings. The molecule has 0 aliphatic rings. The fourth-order valence-corrected chi connectivity index (χ4v) is 1.76. The molecule has 0 bridgehead atoms. The number of hydrogen-bond donors (Lipinski definition) is 0. The minimum absolute atomic E-state index is 0.0332. The van der Waals surface area contributed by atoms with E-state index in [4.69, 9.17) is 6.58 Å². The van der Waals surface area contributed by atoms with Crippen LogP contribution in [-0.4, -0.2) is 0 Å². The van der Waals surface area contributed by atoms with E-state index in [0.29, 0.717) is 6.42 Å². The van der Waals surface area contributed by atoms with Gasteiger partial charge < -0.3 is 0 Å². The molecular weight excluding hydrogens is 225 g/mol. The maximum atomic E-state index is 12.4. The minimum Gasteiger partial charge on any atom is -0.166 e. The molecule has 0 spiro atoms. The standard InChI is InChI=1S/C14H16F3/c1-4-9-13(2,3)10-11-5-7-12(8-6-11)14(15,16)17/h1,4-8H,9-10H2,2-3H3.